The summed E-state index contributed by atoms with van der Waals surface area (Å²) in [5.41, 5.74) is 0.0505. The number of benzene rings is 1. The largest absolute Gasteiger partial charge is 0.451 e. The minimum Gasteiger partial charge on any atom is -0.451 e. The first-order valence-electron chi connectivity index (χ1n) is 8.10. The topological polar surface area (TPSA) is 75.7 Å². The molecule has 0 aliphatic carbocycles. The van der Waals surface area contributed by atoms with E-state index in [9.17, 15) is 23.2 Å². The summed E-state index contributed by atoms with van der Waals surface area (Å²) in [6.07, 6.45) is 1.83. The Kier molecular flexibility index (Phi) is 6.44. The zero-order valence-corrected chi connectivity index (χ0v) is 13.9. The van der Waals surface area contributed by atoms with E-state index < -0.39 is 29.6 Å². The summed E-state index contributed by atoms with van der Waals surface area (Å²) < 4.78 is 31.0. The van der Waals surface area contributed by atoms with E-state index in [0.29, 0.717) is 13.0 Å². The normalized spacial score (nSPS) is 16.1. The number of rotatable bonds is 5. The number of nitrogens with zero attached hydrogens (tertiary/aromatic N) is 1. The Balaban J connectivity index is 1.85. The van der Waals surface area contributed by atoms with Crippen molar-refractivity contribution >= 4 is 23.5 Å². The smallest absolute Gasteiger partial charge is 0.326 e. The summed E-state index contributed by atoms with van der Waals surface area (Å²) in [6.45, 7) is 1.64. The highest BCUT2D eigenvalue weighted by atomic mass is 19.2. The van der Waals surface area contributed by atoms with Gasteiger partial charge in [-0.3, -0.25) is 14.4 Å². The summed E-state index contributed by atoms with van der Waals surface area (Å²) in [7, 11) is 0. The summed E-state index contributed by atoms with van der Waals surface area (Å²) in [6, 6.07) is 2.91. The third-order valence-corrected chi connectivity index (χ3v) is 3.86. The first kappa shape index (κ1) is 18.8. The van der Waals surface area contributed by atoms with Gasteiger partial charge in [-0.15, -0.1) is 0 Å². The van der Waals surface area contributed by atoms with Crippen molar-refractivity contribution in [3.63, 3.8) is 0 Å². The number of hydrogen-bond acceptors (Lipinski definition) is 4. The van der Waals surface area contributed by atoms with Crippen molar-refractivity contribution in [3.05, 3.63) is 29.8 Å². The predicted octanol–water partition coefficient (Wildman–Crippen LogP) is 2.24. The number of halogens is 2. The lowest BCUT2D eigenvalue weighted by Gasteiger charge is -2.20. The highest BCUT2D eigenvalue weighted by Gasteiger charge is 2.23. The zero-order chi connectivity index (χ0) is 18.4. The number of hydrogen-bond donors (Lipinski definition) is 1. The number of esters is 1. The lowest BCUT2D eigenvalue weighted by molar-refractivity contribution is -0.156. The number of ether oxygens (including phenoxy) is 1. The lowest BCUT2D eigenvalue weighted by atomic mass is 10.2. The van der Waals surface area contributed by atoms with E-state index in [1.807, 2.05) is 0 Å². The number of anilines is 1. The van der Waals surface area contributed by atoms with Crippen LogP contribution in [0.5, 0.6) is 0 Å². The van der Waals surface area contributed by atoms with E-state index in [2.05, 4.69) is 5.32 Å². The second-order valence-corrected chi connectivity index (χ2v) is 5.88. The minimum absolute atomic E-state index is 0.0505. The predicted molar refractivity (Wildman–Crippen MR) is 85.6 cm³/mol. The SMILES string of the molecule is C[C@H](OC(=O)CN1CCCCCC1=O)C(=O)Nc1ccc(F)c(F)c1. The van der Waals surface area contributed by atoms with E-state index in [0.717, 1.165) is 31.4 Å². The molecule has 6 nitrogen and oxygen atoms in total. The van der Waals surface area contributed by atoms with Crippen LogP contribution in [0.3, 0.4) is 0 Å². The molecule has 1 aliphatic rings. The van der Waals surface area contributed by atoms with Gasteiger partial charge >= 0.3 is 5.97 Å². The molecule has 0 saturated carbocycles. The number of amides is 2. The standard InChI is InChI=1S/C17H20F2N2O4/c1-11(17(24)20-12-6-7-13(18)14(19)9-12)25-16(23)10-21-8-4-2-3-5-15(21)22/h6-7,9,11H,2-5,8,10H2,1H3,(H,20,24)/t11-/m0/s1. The van der Waals surface area contributed by atoms with Crippen LogP contribution in [0.25, 0.3) is 0 Å². The molecule has 1 N–H and O–H groups in total. The molecular formula is C17H20F2N2O4. The molecule has 8 heteroatoms. The molecule has 1 aromatic carbocycles. The Labute approximate surface area is 144 Å². The van der Waals surface area contributed by atoms with Crippen molar-refractivity contribution in [2.75, 3.05) is 18.4 Å². The quantitative estimate of drug-likeness (QED) is 0.823. The third-order valence-electron chi connectivity index (χ3n) is 3.86. The average molecular weight is 354 g/mol. The summed E-state index contributed by atoms with van der Waals surface area (Å²) in [4.78, 5) is 37.2. The molecule has 136 valence electrons. The summed E-state index contributed by atoms with van der Waals surface area (Å²) in [5.74, 6) is -3.60. The first-order chi connectivity index (χ1) is 11.9. The molecule has 0 spiro atoms. The van der Waals surface area contributed by atoms with Gasteiger partial charge in [-0.2, -0.15) is 0 Å². The Bertz CT molecular complexity index is 666. The van der Waals surface area contributed by atoms with Crippen LogP contribution in [0.15, 0.2) is 18.2 Å². The van der Waals surface area contributed by atoms with Gasteiger partial charge in [0.1, 0.15) is 6.54 Å². The Morgan fingerprint density at radius 3 is 2.72 bits per heavy atom. The van der Waals surface area contributed by atoms with Gasteiger partial charge in [0.05, 0.1) is 0 Å². The molecule has 2 rings (SSSR count). The molecule has 0 aromatic heterocycles. The van der Waals surface area contributed by atoms with E-state index in [-0.39, 0.29) is 18.1 Å². The molecule has 1 aromatic rings. The molecule has 1 aliphatic heterocycles. The average Bonchev–Trinajstić information content (AvgIpc) is 2.75. The van der Waals surface area contributed by atoms with Crippen molar-refractivity contribution in [1.82, 2.24) is 4.90 Å². The van der Waals surface area contributed by atoms with Gasteiger partial charge in [-0.1, -0.05) is 6.42 Å². The molecule has 25 heavy (non-hydrogen) atoms. The maximum absolute atomic E-state index is 13.1. The van der Waals surface area contributed by atoms with Crippen molar-refractivity contribution in [2.24, 2.45) is 0 Å². The molecule has 1 atom stereocenters. The minimum atomic E-state index is -1.14. The molecule has 1 saturated heterocycles. The monoisotopic (exact) mass is 354 g/mol. The van der Waals surface area contributed by atoms with Crippen molar-refractivity contribution in [2.45, 2.75) is 38.7 Å². The van der Waals surface area contributed by atoms with Crippen LogP contribution in [-0.2, 0) is 19.1 Å². The molecular weight excluding hydrogens is 334 g/mol. The molecule has 2 amide bonds. The van der Waals surface area contributed by atoms with E-state index in [4.69, 9.17) is 4.74 Å². The fourth-order valence-corrected chi connectivity index (χ4v) is 2.47. The first-order valence-corrected chi connectivity index (χ1v) is 8.10. The van der Waals surface area contributed by atoms with E-state index in [1.54, 1.807) is 0 Å². The van der Waals surface area contributed by atoms with Crippen molar-refractivity contribution < 1.29 is 27.9 Å². The molecule has 1 heterocycles. The maximum atomic E-state index is 13.1. The van der Waals surface area contributed by atoms with Gasteiger partial charge in [-0.25, -0.2) is 8.78 Å². The van der Waals surface area contributed by atoms with E-state index in [1.165, 1.54) is 17.9 Å². The van der Waals surface area contributed by atoms with Gasteiger partial charge in [0.15, 0.2) is 17.7 Å². The highest BCUT2D eigenvalue weighted by molar-refractivity contribution is 5.95. The second-order valence-electron chi connectivity index (χ2n) is 5.88. The van der Waals surface area contributed by atoms with Gasteiger partial charge in [0, 0.05) is 24.7 Å². The molecule has 0 unspecified atom stereocenters. The number of likely N-dealkylation sites (tertiary alicyclic amines) is 1. The van der Waals surface area contributed by atoms with Crippen LogP contribution < -0.4 is 5.32 Å². The second kappa shape index (κ2) is 8.55. The molecule has 0 radical (unpaired) electrons. The van der Waals surface area contributed by atoms with Crippen molar-refractivity contribution in [1.29, 1.82) is 0 Å². The van der Waals surface area contributed by atoms with Crippen LogP contribution in [-0.4, -0.2) is 41.9 Å². The van der Waals surface area contributed by atoms with Crippen molar-refractivity contribution in [3.8, 4) is 0 Å². The highest BCUT2D eigenvalue weighted by Crippen LogP contribution is 2.14. The van der Waals surface area contributed by atoms with Crippen LogP contribution in [0.1, 0.15) is 32.6 Å². The Morgan fingerprint density at radius 1 is 1.24 bits per heavy atom. The maximum Gasteiger partial charge on any atom is 0.326 e. The molecule has 0 bridgehead atoms. The zero-order valence-electron chi connectivity index (χ0n) is 13.9. The lowest BCUT2D eigenvalue weighted by Crippen LogP contribution is -2.38. The van der Waals surface area contributed by atoms with Crippen LogP contribution in [0, 0.1) is 11.6 Å². The number of nitrogens with one attached hydrogen (secondary N) is 1. The van der Waals surface area contributed by atoms with Crippen LogP contribution in [0.4, 0.5) is 14.5 Å². The molecule has 1 fully saturated rings. The summed E-state index contributed by atoms with van der Waals surface area (Å²) in [5, 5.41) is 2.33. The Morgan fingerprint density at radius 2 is 2.00 bits per heavy atom. The fraction of sp³-hybridized carbons (Fsp3) is 0.471. The number of carbonyl (C=O) groups excluding carboxylic acids is 3. The van der Waals surface area contributed by atoms with Crippen LogP contribution >= 0.6 is 0 Å². The Hall–Kier alpha value is -2.51. The van der Waals surface area contributed by atoms with Gasteiger partial charge in [0.2, 0.25) is 5.91 Å². The summed E-state index contributed by atoms with van der Waals surface area (Å²) >= 11 is 0. The van der Waals surface area contributed by atoms with E-state index >= 15 is 0 Å². The number of carbonyl (C=O) groups is 3. The third kappa shape index (κ3) is 5.51. The van der Waals surface area contributed by atoms with Gasteiger partial charge in [0.25, 0.3) is 5.91 Å². The van der Waals surface area contributed by atoms with Crippen LogP contribution in [0.2, 0.25) is 0 Å². The van der Waals surface area contributed by atoms with Gasteiger partial charge in [-0.05, 0) is 31.9 Å². The van der Waals surface area contributed by atoms with Gasteiger partial charge < -0.3 is 15.0 Å². The fourth-order valence-electron chi connectivity index (χ4n) is 2.47.